The number of esters is 1. The Labute approximate surface area is 296 Å². The van der Waals surface area contributed by atoms with E-state index in [9.17, 15) is 53.2 Å². The molecule has 3 fully saturated rings. The van der Waals surface area contributed by atoms with E-state index in [1.54, 1.807) is 6.92 Å². The summed E-state index contributed by atoms with van der Waals surface area (Å²) in [5, 5.41) is 65.5. The van der Waals surface area contributed by atoms with Gasteiger partial charge in [0, 0.05) is 26.4 Å². The molecule has 3 saturated heterocycles. The van der Waals surface area contributed by atoms with Gasteiger partial charge >= 0.3 is 16.4 Å². The van der Waals surface area contributed by atoms with Crippen LogP contribution in [-0.4, -0.2) is 168 Å². The second-order valence-electron chi connectivity index (χ2n) is 12.8. The summed E-state index contributed by atoms with van der Waals surface area (Å²) >= 11 is 0. The molecule has 0 aromatic carbocycles. The zero-order valence-corrected chi connectivity index (χ0v) is 29.6. The number of hydrogen-bond donors (Lipinski definition) is 8. The lowest BCUT2D eigenvalue weighted by Gasteiger charge is -2.50. The van der Waals surface area contributed by atoms with Gasteiger partial charge in [-0.2, -0.15) is 8.42 Å². The van der Waals surface area contributed by atoms with Crippen LogP contribution in [0.2, 0.25) is 0 Å². The molecule has 1 amide bonds. The first-order valence-corrected chi connectivity index (χ1v) is 18.3. The molecule has 3 aliphatic heterocycles. The van der Waals surface area contributed by atoms with Crippen LogP contribution in [0.3, 0.4) is 0 Å². The summed E-state index contributed by atoms with van der Waals surface area (Å²) in [5.41, 5.74) is 0. The first kappa shape index (κ1) is 43.7. The van der Waals surface area contributed by atoms with E-state index in [2.05, 4.69) is 14.2 Å². The molecule has 0 aromatic heterocycles. The van der Waals surface area contributed by atoms with E-state index >= 15 is 0 Å². The largest absolute Gasteiger partial charge is 0.469 e. The van der Waals surface area contributed by atoms with Gasteiger partial charge in [0.05, 0.1) is 32.5 Å². The van der Waals surface area contributed by atoms with Gasteiger partial charge in [0.15, 0.2) is 18.9 Å². The summed E-state index contributed by atoms with van der Waals surface area (Å²) in [7, 11) is -3.90. The standard InChI is InChI=1S/C30H53NO19S/c1-15-12-17(35)22(37)29(45-15)49-26-21(31-16(2)34)28(44-11-9-7-5-4-6-8-10-20(36)43-3)47-19(14-33)25(26)48-30-24(39)27(50-51(40,41)42)23(38)18(13-32)46-30/h15,17-19,21-30,32-33,35,37-39H,4-14H2,1-3H3,(H,31,34)(H,40,41,42)/t15-,17+,18+,19+,21+,22-,23-,24+,25+,26+,27-,28+,29-,30-/m0/s1. The summed E-state index contributed by atoms with van der Waals surface area (Å²) in [4.78, 5) is 23.8. The first-order valence-electron chi connectivity index (χ1n) is 16.9. The molecule has 0 aromatic rings. The molecule has 3 rings (SSSR count). The molecule has 3 aliphatic rings. The van der Waals surface area contributed by atoms with E-state index in [1.165, 1.54) is 14.0 Å². The summed E-state index contributed by atoms with van der Waals surface area (Å²) in [6.07, 6.45) is -15.4. The van der Waals surface area contributed by atoms with Crippen LogP contribution in [0.4, 0.5) is 0 Å². The van der Waals surface area contributed by atoms with Gasteiger partial charge in [0.25, 0.3) is 0 Å². The summed E-state index contributed by atoms with van der Waals surface area (Å²) in [6.45, 7) is 1.25. The van der Waals surface area contributed by atoms with Crippen LogP contribution in [0.15, 0.2) is 0 Å². The van der Waals surface area contributed by atoms with E-state index in [0.717, 1.165) is 25.7 Å². The number of aliphatic hydroxyl groups is 6. The second kappa shape index (κ2) is 20.7. The van der Waals surface area contributed by atoms with Gasteiger partial charge in [-0.15, -0.1) is 0 Å². The first-order chi connectivity index (χ1) is 24.1. The lowest BCUT2D eigenvalue weighted by Crippen LogP contribution is -2.69. The average molecular weight is 764 g/mol. The van der Waals surface area contributed by atoms with Crippen molar-refractivity contribution in [2.75, 3.05) is 26.9 Å². The summed E-state index contributed by atoms with van der Waals surface area (Å²) in [5.74, 6) is -0.849. The lowest BCUT2D eigenvalue weighted by molar-refractivity contribution is -0.368. The Hall–Kier alpha value is -1.67. The molecule has 0 aliphatic carbocycles. The predicted octanol–water partition coefficient (Wildman–Crippen LogP) is -2.62. The SMILES string of the molecule is COC(=O)CCCCCCCCO[C@@H]1O[C@H](CO)[C@@H](O[C@@H]2O[C@H](CO)[C@H](O)[C@H](OS(=O)(=O)O)[C@H]2O)[C@H](O[C@@H]2O[C@@H](C)C[C@@H](O)[C@@H]2O)[C@H]1NC(C)=O. The van der Waals surface area contributed by atoms with E-state index < -0.39 is 115 Å². The van der Waals surface area contributed by atoms with Crippen LogP contribution >= 0.6 is 0 Å². The molecule has 14 atom stereocenters. The molecular formula is C30H53NO19S. The molecule has 0 unspecified atom stereocenters. The fraction of sp³-hybridized carbons (Fsp3) is 0.933. The Morgan fingerprint density at radius 3 is 1.98 bits per heavy atom. The van der Waals surface area contributed by atoms with E-state index in [4.69, 9.17) is 28.4 Å². The van der Waals surface area contributed by atoms with Gasteiger partial charge in [0.2, 0.25) is 5.91 Å². The normalized spacial score (nSPS) is 37.5. The number of amides is 1. The van der Waals surface area contributed by atoms with Gasteiger partial charge in [-0.05, 0) is 19.8 Å². The van der Waals surface area contributed by atoms with Crippen LogP contribution in [0.1, 0.15) is 65.2 Å². The van der Waals surface area contributed by atoms with Gasteiger partial charge in [-0.1, -0.05) is 25.7 Å². The van der Waals surface area contributed by atoms with Crippen LogP contribution in [0, 0.1) is 0 Å². The highest BCUT2D eigenvalue weighted by atomic mass is 32.3. The van der Waals surface area contributed by atoms with Crippen molar-refractivity contribution in [3.8, 4) is 0 Å². The Bertz CT molecular complexity index is 1180. The van der Waals surface area contributed by atoms with Crippen LogP contribution < -0.4 is 5.32 Å². The minimum atomic E-state index is -5.24. The van der Waals surface area contributed by atoms with Gasteiger partial charge in [-0.25, -0.2) is 4.18 Å². The maximum atomic E-state index is 12.5. The quantitative estimate of drug-likeness (QED) is 0.0380. The van der Waals surface area contributed by atoms with E-state index in [0.29, 0.717) is 19.3 Å². The van der Waals surface area contributed by atoms with Crippen LogP contribution in [-0.2, 0) is 57.3 Å². The molecule has 0 radical (unpaired) electrons. The van der Waals surface area contributed by atoms with Gasteiger partial charge in [-0.3, -0.25) is 14.1 Å². The number of carbonyl (C=O) groups excluding carboxylic acids is 2. The number of methoxy groups -OCH3 is 1. The zero-order chi connectivity index (χ0) is 37.9. The van der Waals surface area contributed by atoms with Crippen molar-refractivity contribution < 1.29 is 90.5 Å². The molecule has 3 heterocycles. The number of carbonyl (C=O) groups is 2. The fourth-order valence-electron chi connectivity index (χ4n) is 6.15. The average Bonchev–Trinajstić information content (AvgIpc) is 3.06. The number of unbranched alkanes of at least 4 members (excludes halogenated alkanes) is 5. The summed E-state index contributed by atoms with van der Waals surface area (Å²) < 4.78 is 76.8. The maximum Gasteiger partial charge on any atom is 0.397 e. The van der Waals surface area contributed by atoms with Gasteiger partial charge in [0.1, 0.15) is 54.9 Å². The fourth-order valence-corrected chi connectivity index (χ4v) is 6.66. The molecular weight excluding hydrogens is 710 g/mol. The van der Waals surface area contributed by atoms with Crippen molar-refractivity contribution in [2.45, 2.75) is 151 Å². The molecule has 0 spiro atoms. The third kappa shape index (κ3) is 13.0. The number of hydrogen-bond acceptors (Lipinski definition) is 18. The third-order valence-electron chi connectivity index (χ3n) is 8.73. The van der Waals surface area contributed by atoms with Gasteiger partial charge < -0.3 is 69.1 Å². The minimum Gasteiger partial charge on any atom is -0.469 e. The number of rotatable bonds is 19. The molecule has 298 valence electrons. The predicted molar refractivity (Wildman–Crippen MR) is 169 cm³/mol. The zero-order valence-electron chi connectivity index (χ0n) is 28.8. The molecule has 0 bridgehead atoms. The van der Waals surface area contributed by atoms with Crippen molar-refractivity contribution in [2.24, 2.45) is 0 Å². The van der Waals surface area contributed by atoms with Crippen LogP contribution in [0.5, 0.6) is 0 Å². The molecule has 0 saturated carbocycles. The second-order valence-corrected chi connectivity index (χ2v) is 13.8. The molecule has 21 heteroatoms. The molecule has 8 N–H and O–H groups in total. The Kier molecular flexibility index (Phi) is 17.7. The third-order valence-corrected chi connectivity index (χ3v) is 9.20. The van der Waals surface area contributed by atoms with Crippen molar-refractivity contribution in [1.82, 2.24) is 5.32 Å². The highest BCUT2D eigenvalue weighted by Gasteiger charge is 2.55. The van der Waals surface area contributed by atoms with Crippen molar-refractivity contribution in [1.29, 1.82) is 0 Å². The Morgan fingerprint density at radius 1 is 0.784 bits per heavy atom. The highest BCUT2D eigenvalue weighted by molar-refractivity contribution is 7.80. The maximum absolute atomic E-state index is 12.5. The smallest absolute Gasteiger partial charge is 0.397 e. The van der Waals surface area contributed by atoms with E-state index in [1.807, 2.05) is 0 Å². The minimum absolute atomic E-state index is 0.0717. The lowest BCUT2D eigenvalue weighted by atomic mass is 9.94. The van der Waals surface area contributed by atoms with E-state index in [-0.39, 0.29) is 19.0 Å². The van der Waals surface area contributed by atoms with Crippen molar-refractivity contribution in [3.63, 3.8) is 0 Å². The monoisotopic (exact) mass is 763 g/mol. The number of ether oxygens (including phenoxy) is 7. The van der Waals surface area contributed by atoms with Crippen molar-refractivity contribution in [3.05, 3.63) is 0 Å². The Morgan fingerprint density at radius 2 is 1.37 bits per heavy atom. The molecule has 20 nitrogen and oxygen atoms in total. The topological polar surface area (TPSA) is 296 Å². The summed E-state index contributed by atoms with van der Waals surface area (Å²) in [6, 6.07) is -1.26. The number of nitrogens with one attached hydrogen (secondary N) is 1. The Balaban J connectivity index is 1.84. The molecule has 51 heavy (non-hydrogen) atoms. The van der Waals surface area contributed by atoms with Crippen LogP contribution in [0.25, 0.3) is 0 Å². The number of aliphatic hydroxyl groups excluding tert-OH is 6. The van der Waals surface area contributed by atoms with Crippen molar-refractivity contribution >= 4 is 22.3 Å². The highest BCUT2D eigenvalue weighted by Crippen LogP contribution is 2.34.